The van der Waals surface area contributed by atoms with Crippen LogP contribution >= 0.6 is 0 Å². The highest BCUT2D eigenvalue weighted by molar-refractivity contribution is 6.12. The molecular formula is C12H13N. The van der Waals surface area contributed by atoms with Gasteiger partial charge in [0.2, 0.25) is 0 Å². The highest BCUT2D eigenvalue weighted by atomic mass is 14.7. The third kappa shape index (κ3) is 2.41. The van der Waals surface area contributed by atoms with Crippen LogP contribution < -0.4 is 0 Å². The number of nitrogens with zero attached hydrogens (tertiary/aromatic N) is 1. The van der Waals surface area contributed by atoms with Gasteiger partial charge in [-0.3, -0.25) is 4.99 Å². The summed E-state index contributed by atoms with van der Waals surface area (Å²) in [6.07, 6.45) is 11.3. The molecule has 0 aromatic heterocycles. The van der Waals surface area contributed by atoms with E-state index in [4.69, 9.17) is 0 Å². The zero-order valence-corrected chi connectivity index (χ0v) is 7.83. The van der Waals surface area contributed by atoms with Crippen molar-refractivity contribution < 1.29 is 0 Å². The van der Waals surface area contributed by atoms with Crippen molar-refractivity contribution in [3.8, 4) is 0 Å². The van der Waals surface area contributed by atoms with E-state index in [2.05, 4.69) is 31.2 Å². The lowest BCUT2D eigenvalue weighted by Gasteiger charge is -2.07. The predicted molar refractivity (Wildman–Crippen MR) is 58.8 cm³/mol. The Morgan fingerprint density at radius 2 is 2.08 bits per heavy atom. The summed E-state index contributed by atoms with van der Waals surface area (Å²) >= 11 is 0. The van der Waals surface area contributed by atoms with E-state index in [-0.39, 0.29) is 0 Å². The molecule has 1 aliphatic carbocycles. The Kier molecular flexibility index (Phi) is 3.21. The van der Waals surface area contributed by atoms with Crippen LogP contribution in [0.25, 0.3) is 0 Å². The van der Waals surface area contributed by atoms with Crippen LogP contribution in [0, 0.1) is 0 Å². The molecule has 1 nitrogen and oxygen atoms in total. The lowest BCUT2D eigenvalue weighted by molar-refractivity contribution is 1.46. The largest absolute Gasteiger partial charge is 0.257 e. The number of rotatable bonds is 2. The Labute approximate surface area is 79.2 Å². The van der Waals surface area contributed by atoms with E-state index < -0.39 is 0 Å². The lowest BCUT2D eigenvalue weighted by Crippen LogP contribution is -2.00. The molecule has 0 aromatic carbocycles. The van der Waals surface area contributed by atoms with Crippen LogP contribution in [0.4, 0.5) is 0 Å². The summed E-state index contributed by atoms with van der Waals surface area (Å²) in [5.74, 6) is 0. The maximum Gasteiger partial charge on any atom is 0.0701 e. The third-order valence-electron chi connectivity index (χ3n) is 1.71. The Morgan fingerprint density at radius 1 is 1.31 bits per heavy atom. The normalized spacial score (nSPS) is 21.8. The minimum absolute atomic E-state index is 0.931. The number of allylic oxidation sites excluding steroid dienone is 7. The monoisotopic (exact) mass is 171 g/mol. The summed E-state index contributed by atoms with van der Waals surface area (Å²) in [6.45, 7) is 9.29. The minimum atomic E-state index is 0.931. The van der Waals surface area contributed by atoms with Gasteiger partial charge in [0.1, 0.15) is 0 Å². The molecule has 13 heavy (non-hydrogen) atoms. The van der Waals surface area contributed by atoms with Gasteiger partial charge in [-0.05, 0) is 19.1 Å². The average molecular weight is 171 g/mol. The molecule has 0 spiro atoms. The van der Waals surface area contributed by atoms with E-state index in [1.165, 1.54) is 5.57 Å². The fourth-order valence-corrected chi connectivity index (χ4v) is 1.15. The second-order valence-corrected chi connectivity index (χ2v) is 2.78. The van der Waals surface area contributed by atoms with E-state index in [9.17, 15) is 0 Å². The van der Waals surface area contributed by atoms with Gasteiger partial charge in [-0.2, -0.15) is 0 Å². The van der Waals surface area contributed by atoms with Gasteiger partial charge < -0.3 is 0 Å². The summed E-state index contributed by atoms with van der Waals surface area (Å²) in [5, 5.41) is 0. The summed E-state index contributed by atoms with van der Waals surface area (Å²) < 4.78 is 0. The summed E-state index contributed by atoms with van der Waals surface area (Å²) in [5.41, 5.74) is 3.23. The second-order valence-electron chi connectivity index (χ2n) is 2.78. The third-order valence-corrected chi connectivity index (χ3v) is 1.71. The van der Waals surface area contributed by atoms with Gasteiger partial charge in [0.05, 0.1) is 5.71 Å². The van der Waals surface area contributed by atoms with Crippen molar-refractivity contribution in [3.63, 3.8) is 0 Å². The van der Waals surface area contributed by atoms with E-state index in [1.54, 1.807) is 12.3 Å². The molecule has 66 valence electrons. The highest BCUT2D eigenvalue weighted by Crippen LogP contribution is 2.13. The maximum atomic E-state index is 4.15. The van der Waals surface area contributed by atoms with Crippen LogP contribution in [0.2, 0.25) is 0 Å². The summed E-state index contributed by atoms with van der Waals surface area (Å²) in [4.78, 5) is 4.15. The van der Waals surface area contributed by atoms with Gasteiger partial charge in [-0.1, -0.05) is 37.0 Å². The molecule has 1 aliphatic rings. The Hall–Kier alpha value is -1.63. The Balaban J connectivity index is 3.08. The van der Waals surface area contributed by atoms with Crippen LogP contribution in [0.5, 0.6) is 0 Å². The molecular weight excluding hydrogens is 158 g/mol. The van der Waals surface area contributed by atoms with E-state index in [0.29, 0.717) is 0 Å². The molecule has 0 saturated carbocycles. The minimum Gasteiger partial charge on any atom is -0.257 e. The molecule has 0 aliphatic heterocycles. The standard InChI is InChI=1S/C12H13N/c1-4-6-11-9-10(3)7-8-12(11)13-5-2/h4-9H,1-2H2,3H3/b11-6-,13-12?. The van der Waals surface area contributed by atoms with Crippen molar-refractivity contribution in [3.05, 3.63) is 60.9 Å². The van der Waals surface area contributed by atoms with Crippen LogP contribution in [0.15, 0.2) is 65.9 Å². The summed E-state index contributed by atoms with van der Waals surface area (Å²) in [6, 6.07) is 0. The van der Waals surface area contributed by atoms with E-state index in [1.807, 2.05) is 18.2 Å². The molecule has 0 unspecified atom stereocenters. The first-order chi connectivity index (χ1) is 6.27. The van der Waals surface area contributed by atoms with Gasteiger partial charge in [0.25, 0.3) is 0 Å². The maximum absolute atomic E-state index is 4.15. The fourth-order valence-electron chi connectivity index (χ4n) is 1.15. The SMILES string of the molecule is C=C/C=C1/C=C(C)C=CC1=NC=C. The molecule has 0 amide bonds. The van der Waals surface area contributed by atoms with Gasteiger partial charge in [-0.15, -0.1) is 0 Å². The Bertz CT molecular complexity index is 338. The molecule has 0 heterocycles. The quantitative estimate of drug-likeness (QED) is 0.605. The van der Waals surface area contributed by atoms with Gasteiger partial charge in [0, 0.05) is 11.8 Å². The average Bonchev–Trinajstić information content (AvgIpc) is 2.10. The van der Waals surface area contributed by atoms with Crippen molar-refractivity contribution in [1.82, 2.24) is 0 Å². The van der Waals surface area contributed by atoms with Crippen molar-refractivity contribution in [2.24, 2.45) is 4.99 Å². The van der Waals surface area contributed by atoms with Crippen molar-refractivity contribution in [2.45, 2.75) is 6.92 Å². The molecule has 0 atom stereocenters. The van der Waals surface area contributed by atoms with Gasteiger partial charge in [0.15, 0.2) is 0 Å². The molecule has 0 fully saturated rings. The summed E-state index contributed by atoms with van der Waals surface area (Å²) in [7, 11) is 0. The second kappa shape index (κ2) is 4.41. The molecule has 1 rings (SSSR count). The fraction of sp³-hybridized carbons (Fsp3) is 0.0833. The van der Waals surface area contributed by atoms with Gasteiger partial charge in [-0.25, -0.2) is 0 Å². The first kappa shape index (κ1) is 9.46. The molecule has 1 heteroatoms. The number of hydrogen-bond acceptors (Lipinski definition) is 1. The highest BCUT2D eigenvalue weighted by Gasteiger charge is 2.03. The van der Waals surface area contributed by atoms with E-state index >= 15 is 0 Å². The van der Waals surface area contributed by atoms with Crippen molar-refractivity contribution in [1.29, 1.82) is 0 Å². The predicted octanol–water partition coefficient (Wildman–Crippen LogP) is 3.20. The zero-order valence-electron chi connectivity index (χ0n) is 7.83. The lowest BCUT2D eigenvalue weighted by atomic mass is 10.0. The topological polar surface area (TPSA) is 12.4 Å². The molecule has 0 saturated heterocycles. The van der Waals surface area contributed by atoms with Gasteiger partial charge >= 0.3 is 0 Å². The van der Waals surface area contributed by atoms with Crippen molar-refractivity contribution in [2.75, 3.05) is 0 Å². The first-order valence-electron chi connectivity index (χ1n) is 4.16. The smallest absolute Gasteiger partial charge is 0.0701 e. The molecule has 0 radical (unpaired) electrons. The molecule has 0 bridgehead atoms. The van der Waals surface area contributed by atoms with E-state index in [0.717, 1.165) is 11.3 Å². The molecule has 0 N–H and O–H groups in total. The Morgan fingerprint density at radius 3 is 2.69 bits per heavy atom. The first-order valence-corrected chi connectivity index (χ1v) is 4.16. The van der Waals surface area contributed by atoms with Crippen LogP contribution in [0.1, 0.15) is 6.92 Å². The van der Waals surface area contributed by atoms with Crippen molar-refractivity contribution >= 4 is 5.71 Å². The number of aliphatic imine (C=N–C) groups is 1. The van der Waals surface area contributed by atoms with Crippen LogP contribution in [-0.2, 0) is 0 Å². The van der Waals surface area contributed by atoms with Crippen LogP contribution in [0.3, 0.4) is 0 Å². The number of hydrogen-bond donors (Lipinski definition) is 0. The van der Waals surface area contributed by atoms with Crippen LogP contribution in [-0.4, -0.2) is 5.71 Å². The molecule has 0 aromatic rings. The zero-order chi connectivity index (χ0) is 9.68.